The van der Waals surface area contributed by atoms with Gasteiger partial charge in [0.05, 0.1) is 5.56 Å². The first-order chi connectivity index (χ1) is 8.90. The maximum Gasteiger partial charge on any atom is 0.337 e. The second kappa shape index (κ2) is 7.02. The molecule has 1 unspecified atom stereocenters. The molecule has 1 rings (SSSR count). The molecule has 4 heteroatoms. The van der Waals surface area contributed by atoms with E-state index in [-0.39, 0.29) is 5.56 Å². The van der Waals surface area contributed by atoms with E-state index in [4.69, 9.17) is 10.8 Å². The van der Waals surface area contributed by atoms with Gasteiger partial charge in [-0.15, -0.1) is 0 Å². The quantitative estimate of drug-likeness (QED) is 0.658. The number of nitrogens with two attached hydrogens (primary N) is 1. The summed E-state index contributed by atoms with van der Waals surface area (Å²) in [4.78, 5) is 11.0. The molecule has 4 N–H and O–H groups in total. The van der Waals surface area contributed by atoms with Crippen molar-refractivity contribution in [2.45, 2.75) is 46.1 Å². The third-order valence-corrected chi connectivity index (χ3v) is 3.12. The summed E-state index contributed by atoms with van der Waals surface area (Å²) in [6, 6.07) is 5.37. The van der Waals surface area contributed by atoms with Crippen LogP contribution in [0.2, 0.25) is 0 Å². The summed E-state index contributed by atoms with van der Waals surface area (Å²) in [5.41, 5.74) is 6.88. The summed E-state index contributed by atoms with van der Waals surface area (Å²) in [5.74, 6) is -0.268. The third-order valence-electron chi connectivity index (χ3n) is 3.12. The molecule has 4 nitrogen and oxygen atoms in total. The Morgan fingerprint density at radius 2 is 2.00 bits per heavy atom. The number of carbonyl (C=O) groups is 1. The van der Waals surface area contributed by atoms with Gasteiger partial charge in [0.15, 0.2) is 0 Å². The molecule has 1 atom stereocenters. The number of carboxylic acids is 1. The number of hydrogen-bond acceptors (Lipinski definition) is 3. The zero-order valence-corrected chi connectivity index (χ0v) is 11.9. The number of hydrogen-bond donors (Lipinski definition) is 3. The van der Waals surface area contributed by atoms with Crippen LogP contribution in [0.1, 0.15) is 50.4 Å². The number of anilines is 2. The maximum atomic E-state index is 11.0. The van der Waals surface area contributed by atoms with Gasteiger partial charge in [-0.25, -0.2) is 4.79 Å². The Labute approximate surface area is 115 Å². The number of benzene rings is 1. The van der Waals surface area contributed by atoms with Crippen LogP contribution >= 0.6 is 0 Å². The fourth-order valence-electron chi connectivity index (χ4n) is 2.02. The molecule has 0 amide bonds. The molecule has 0 saturated carbocycles. The normalized spacial score (nSPS) is 12.4. The second-order valence-corrected chi connectivity index (χ2v) is 5.48. The van der Waals surface area contributed by atoms with E-state index in [1.807, 2.05) is 6.07 Å². The molecule has 0 bridgehead atoms. The number of nitrogens with one attached hydrogen (secondary N) is 1. The smallest absolute Gasteiger partial charge is 0.337 e. The van der Waals surface area contributed by atoms with Crippen molar-refractivity contribution >= 4 is 17.3 Å². The molecule has 1 aromatic rings. The first-order valence-electron chi connectivity index (χ1n) is 6.79. The summed E-state index contributed by atoms with van der Waals surface area (Å²) >= 11 is 0. The predicted octanol–water partition coefficient (Wildman–Crippen LogP) is 3.59. The summed E-state index contributed by atoms with van der Waals surface area (Å²) < 4.78 is 0. The Balaban J connectivity index is 2.57. The summed E-state index contributed by atoms with van der Waals surface area (Å²) in [5, 5.41) is 12.3. The van der Waals surface area contributed by atoms with Crippen LogP contribution in [0.4, 0.5) is 11.4 Å². The summed E-state index contributed by atoms with van der Waals surface area (Å²) in [6.07, 6.45) is 3.46. The van der Waals surface area contributed by atoms with Crippen LogP contribution in [-0.4, -0.2) is 17.1 Å². The summed E-state index contributed by atoms with van der Waals surface area (Å²) in [6.45, 7) is 6.55. The van der Waals surface area contributed by atoms with E-state index in [0.29, 0.717) is 11.7 Å². The minimum atomic E-state index is -0.992. The van der Waals surface area contributed by atoms with Gasteiger partial charge in [0.25, 0.3) is 0 Å². The van der Waals surface area contributed by atoms with Crippen LogP contribution < -0.4 is 11.1 Å². The highest BCUT2D eigenvalue weighted by atomic mass is 16.4. The highest BCUT2D eigenvalue weighted by Crippen LogP contribution is 2.19. The van der Waals surface area contributed by atoms with E-state index in [0.717, 1.165) is 18.0 Å². The lowest BCUT2D eigenvalue weighted by Crippen LogP contribution is -2.16. The molecule has 0 heterocycles. The first kappa shape index (κ1) is 15.3. The molecule has 1 aromatic carbocycles. The minimum Gasteiger partial charge on any atom is -0.478 e. The Morgan fingerprint density at radius 1 is 1.32 bits per heavy atom. The lowest BCUT2D eigenvalue weighted by atomic mass is 10.0. The fraction of sp³-hybridized carbons (Fsp3) is 0.533. The van der Waals surface area contributed by atoms with E-state index in [1.165, 1.54) is 12.8 Å². The standard InChI is InChI=1S/C15H24N2O2/c1-10(2)5-4-6-11(3)17-12-7-8-14(16)13(9-12)15(18)19/h7-11,17H,4-6,16H2,1-3H3,(H,18,19). The largest absolute Gasteiger partial charge is 0.478 e. The second-order valence-electron chi connectivity index (χ2n) is 5.48. The van der Waals surface area contributed by atoms with Crippen molar-refractivity contribution < 1.29 is 9.90 Å². The Kier molecular flexibility index (Phi) is 5.67. The van der Waals surface area contributed by atoms with Gasteiger partial charge in [-0.1, -0.05) is 26.7 Å². The highest BCUT2D eigenvalue weighted by Gasteiger charge is 2.10. The Hall–Kier alpha value is -1.71. The van der Waals surface area contributed by atoms with Crippen molar-refractivity contribution in [2.24, 2.45) is 5.92 Å². The number of carboxylic acid groups (broad SMARTS) is 1. The molecule has 106 valence electrons. The van der Waals surface area contributed by atoms with Crippen LogP contribution in [0.5, 0.6) is 0 Å². The van der Waals surface area contributed by atoms with Gasteiger partial charge in [0.2, 0.25) is 0 Å². The molecule has 0 spiro atoms. The molecule has 19 heavy (non-hydrogen) atoms. The zero-order chi connectivity index (χ0) is 14.4. The van der Waals surface area contributed by atoms with Gasteiger partial charge in [0.1, 0.15) is 0 Å². The number of nitrogen functional groups attached to an aromatic ring is 1. The maximum absolute atomic E-state index is 11.0. The van der Waals surface area contributed by atoms with Crippen molar-refractivity contribution in [1.29, 1.82) is 0 Å². The molecule has 0 radical (unpaired) electrons. The highest BCUT2D eigenvalue weighted by molar-refractivity contribution is 5.94. The molecule has 0 aliphatic carbocycles. The average molecular weight is 264 g/mol. The molecule has 0 saturated heterocycles. The van der Waals surface area contributed by atoms with Crippen molar-refractivity contribution in [3.63, 3.8) is 0 Å². The fourth-order valence-corrected chi connectivity index (χ4v) is 2.02. The SMILES string of the molecule is CC(C)CCCC(C)Nc1ccc(N)c(C(=O)O)c1. The Morgan fingerprint density at radius 3 is 2.58 bits per heavy atom. The van der Waals surface area contributed by atoms with Gasteiger partial charge in [-0.2, -0.15) is 0 Å². The lowest BCUT2D eigenvalue weighted by molar-refractivity contribution is 0.0698. The van der Waals surface area contributed by atoms with Crippen molar-refractivity contribution in [1.82, 2.24) is 0 Å². The Bertz CT molecular complexity index is 430. The molecule has 0 aliphatic heterocycles. The van der Waals surface area contributed by atoms with Gasteiger partial charge in [0, 0.05) is 17.4 Å². The van der Waals surface area contributed by atoms with E-state index in [1.54, 1.807) is 12.1 Å². The average Bonchev–Trinajstić information content (AvgIpc) is 2.30. The molecular weight excluding hydrogens is 240 g/mol. The number of aromatic carboxylic acids is 1. The van der Waals surface area contributed by atoms with E-state index in [9.17, 15) is 4.79 Å². The van der Waals surface area contributed by atoms with Crippen molar-refractivity contribution in [3.8, 4) is 0 Å². The van der Waals surface area contributed by atoms with Crippen LogP contribution in [0.25, 0.3) is 0 Å². The van der Waals surface area contributed by atoms with Gasteiger partial charge in [-0.3, -0.25) is 0 Å². The van der Waals surface area contributed by atoms with Crippen molar-refractivity contribution in [2.75, 3.05) is 11.1 Å². The molecule has 0 fully saturated rings. The van der Waals surface area contributed by atoms with Crippen LogP contribution in [0.15, 0.2) is 18.2 Å². The topological polar surface area (TPSA) is 75.3 Å². The van der Waals surface area contributed by atoms with Crippen LogP contribution in [-0.2, 0) is 0 Å². The lowest BCUT2D eigenvalue weighted by Gasteiger charge is -2.16. The monoisotopic (exact) mass is 264 g/mol. The van der Waals surface area contributed by atoms with Crippen molar-refractivity contribution in [3.05, 3.63) is 23.8 Å². The predicted molar refractivity (Wildman–Crippen MR) is 79.6 cm³/mol. The first-order valence-corrected chi connectivity index (χ1v) is 6.79. The molecular formula is C15H24N2O2. The van der Waals surface area contributed by atoms with Gasteiger partial charge >= 0.3 is 5.97 Å². The van der Waals surface area contributed by atoms with E-state index in [2.05, 4.69) is 26.1 Å². The van der Waals surface area contributed by atoms with E-state index >= 15 is 0 Å². The summed E-state index contributed by atoms with van der Waals surface area (Å²) in [7, 11) is 0. The van der Waals surface area contributed by atoms with Gasteiger partial charge < -0.3 is 16.2 Å². The van der Waals surface area contributed by atoms with Crippen LogP contribution in [0.3, 0.4) is 0 Å². The molecule has 0 aliphatic rings. The zero-order valence-electron chi connectivity index (χ0n) is 11.9. The minimum absolute atomic E-state index is 0.152. The third kappa shape index (κ3) is 5.20. The number of rotatable bonds is 7. The van der Waals surface area contributed by atoms with Gasteiger partial charge in [-0.05, 0) is 37.5 Å². The van der Waals surface area contributed by atoms with E-state index < -0.39 is 5.97 Å². The molecule has 0 aromatic heterocycles. The van der Waals surface area contributed by atoms with Crippen LogP contribution in [0, 0.1) is 5.92 Å².